The van der Waals surface area contributed by atoms with Crippen molar-refractivity contribution in [2.24, 2.45) is 0 Å². The van der Waals surface area contributed by atoms with E-state index in [9.17, 15) is 24.3 Å². The molecule has 9 heteroatoms. The molecule has 2 atom stereocenters. The van der Waals surface area contributed by atoms with Crippen LogP contribution in [0.2, 0.25) is 0 Å². The van der Waals surface area contributed by atoms with Crippen LogP contribution in [0.15, 0.2) is 30.3 Å². The number of ether oxygens (including phenoxy) is 1. The average molecular weight is 394 g/mol. The standard InChI is InChI=1S/C19H26N2O7/c1-19(2,3)28-18(27)21-14(11-12-7-5-4-6-8-12)16(24)20-13(17(25)26)9-10-15(22)23/h4-8,13-14H,9-11H2,1-3H3,(H,20,24)(H,21,27)(H,22,23)(H,25,26)/t13-,14-/m0/s1. The third-order valence-electron chi connectivity index (χ3n) is 3.55. The number of carboxylic acids is 2. The molecule has 0 saturated heterocycles. The number of carboxylic acid groups (broad SMARTS) is 2. The van der Waals surface area contributed by atoms with Crippen LogP contribution >= 0.6 is 0 Å². The second kappa shape index (κ2) is 10.3. The molecule has 0 saturated carbocycles. The van der Waals surface area contributed by atoms with Crippen LogP contribution in [0, 0.1) is 0 Å². The van der Waals surface area contributed by atoms with Gasteiger partial charge in [-0.05, 0) is 32.8 Å². The molecule has 0 spiro atoms. The van der Waals surface area contributed by atoms with E-state index in [2.05, 4.69) is 10.6 Å². The summed E-state index contributed by atoms with van der Waals surface area (Å²) in [4.78, 5) is 46.7. The highest BCUT2D eigenvalue weighted by Gasteiger charge is 2.28. The minimum Gasteiger partial charge on any atom is -0.481 e. The molecule has 0 radical (unpaired) electrons. The molecule has 0 unspecified atom stereocenters. The fraction of sp³-hybridized carbons (Fsp3) is 0.474. The molecule has 1 rings (SSSR count). The Kier molecular flexibility index (Phi) is 8.43. The van der Waals surface area contributed by atoms with Crippen molar-refractivity contribution >= 4 is 23.9 Å². The summed E-state index contributed by atoms with van der Waals surface area (Å²) in [5.41, 5.74) is -0.0285. The Hall–Kier alpha value is -3.10. The fourth-order valence-electron chi connectivity index (χ4n) is 2.31. The van der Waals surface area contributed by atoms with E-state index in [-0.39, 0.29) is 12.8 Å². The zero-order valence-electron chi connectivity index (χ0n) is 16.1. The molecule has 0 heterocycles. The lowest BCUT2D eigenvalue weighted by molar-refractivity contribution is -0.143. The Labute approximate surface area is 163 Å². The third kappa shape index (κ3) is 9.02. The van der Waals surface area contributed by atoms with E-state index >= 15 is 0 Å². The molecule has 1 aromatic rings. The average Bonchev–Trinajstić information content (AvgIpc) is 2.56. The van der Waals surface area contributed by atoms with Crippen molar-refractivity contribution in [2.45, 2.75) is 57.7 Å². The Morgan fingerprint density at radius 3 is 2.11 bits per heavy atom. The van der Waals surface area contributed by atoms with E-state index < -0.39 is 48.0 Å². The van der Waals surface area contributed by atoms with Gasteiger partial charge in [0.25, 0.3) is 0 Å². The highest BCUT2D eigenvalue weighted by atomic mass is 16.6. The van der Waals surface area contributed by atoms with Crippen LogP contribution in [0.25, 0.3) is 0 Å². The maximum absolute atomic E-state index is 12.6. The van der Waals surface area contributed by atoms with E-state index in [1.54, 1.807) is 51.1 Å². The molecule has 28 heavy (non-hydrogen) atoms. The summed E-state index contributed by atoms with van der Waals surface area (Å²) < 4.78 is 5.16. The molecule has 0 aliphatic heterocycles. The van der Waals surface area contributed by atoms with Gasteiger partial charge in [-0.3, -0.25) is 9.59 Å². The molecule has 1 aromatic carbocycles. The van der Waals surface area contributed by atoms with Crippen LogP contribution in [0.1, 0.15) is 39.2 Å². The molecule has 4 N–H and O–H groups in total. The molecule has 9 nitrogen and oxygen atoms in total. The van der Waals surface area contributed by atoms with Crippen molar-refractivity contribution in [1.82, 2.24) is 10.6 Å². The molecule has 2 amide bonds. The minimum atomic E-state index is -1.39. The Morgan fingerprint density at radius 1 is 1.00 bits per heavy atom. The fourth-order valence-corrected chi connectivity index (χ4v) is 2.31. The van der Waals surface area contributed by atoms with Gasteiger partial charge in [-0.2, -0.15) is 0 Å². The SMILES string of the molecule is CC(C)(C)OC(=O)N[C@@H](Cc1ccccc1)C(=O)N[C@@H](CCC(=O)O)C(=O)O. The predicted octanol–water partition coefficient (Wildman–Crippen LogP) is 1.56. The zero-order valence-corrected chi connectivity index (χ0v) is 16.1. The number of rotatable bonds is 9. The maximum atomic E-state index is 12.6. The van der Waals surface area contributed by atoms with E-state index in [0.717, 1.165) is 5.56 Å². The van der Waals surface area contributed by atoms with Crippen molar-refractivity contribution < 1.29 is 34.1 Å². The number of carbonyl (C=O) groups is 4. The summed E-state index contributed by atoms with van der Waals surface area (Å²) in [7, 11) is 0. The molecule has 0 aliphatic rings. The van der Waals surface area contributed by atoms with Gasteiger partial charge in [0.05, 0.1) is 0 Å². The number of hydrogen-bond acceptors (Lipinski definition) is 5. The van der Waals surface area contributed by atoms with Crippen LogP contribution in [0.5, 0.6) is 0 Å². The minimum absolute atomic E-state index is 0.108. The number of hydrogen-bond donors (Lipinski definition) is 4. The van der Waals surface area contributed by atoms with Crippen molar-refractivity contribution in [3.8, 4) is 0 Å². The number of amides is 2. The summed E-state index contributed by atoms with van der Waals surface area (Å²) in [5, 5.41) is 22.7. The lowest BCUT2D eigenvalue weighted by atomic mass is 10.0. The number of alkyl carbamates (subject to hydrolysis) is 1. The van der Waals surface area contributed by atoms with Gasteiger partial charge in [0.15, 0.2) is 0 Å². The lowest BCUT2D eigenvalue weighted by Crippen LogP contribution is -2.53. The first kappa shape index (κ1) is 22.9. The monoisotopic (exact) mass is 394 g/mol. The highest BCUT2D eigenvalue weighted by molar-refractivity contribution is 5.89. The summed E-state index contributed by atoms with van der Waals surface area (Å²) in [5.74, 6) is -3.27. The summed E-state index contributed by atoms with van der Waals surface area (Å²) in [6, 6.07) is 6.37. The molecular weight excluding hydrogens is 368 g/mol. The van der Waals surface area contributed by atoms with E-state index in [1.807, 2.05) is 0 Å². The largest absolute Gasteiger partial charge is 0.481 e. The topological polar surface area (TPSA) is 142 Å². The third-order valence-corrected chi connectivity index (χ3v) is 3.55. The molecule has 0 aliphatic carbocycles. The molecule has 0 bridgehead atoms. The van der Waals surface area contributed by atoms with Crippen molar-refractivity contribution in [3.05, 3.63) is 35.9 Å². The lowest BCUT2D eigenvalue weighted by Gasteiger charge is -2.24. The predicted molar refractivity (Wildman–Crippen MR) is 99.7 cm³/mol. The van der Waals surface area contributed by atoms with Crippen molar-refractivity contribution in [1.29, 1.82) is 0 Å². The quantitative estimate of drug-likeness (QED) is 0.498. The first-order valence-electron chi connectivity index (χ1n) is 8.76. The molecule has 0 fully saturated rings. The van der Waals surface area contributed by atoms with Gasteiger partial charge in [0.2, 0.25) is 5.91 Å². The van der Waals surface area contributed by atoms with Crippen LogP contribution in [0.3, 0.4) is 0 Å². The van der Waals surface area contributed by atoms with Crippen LogP contribution in [0.4, 0.5) is 4.79 Å². The number of benzene rings is 1. The Morgan fingerprint density at radius 2 is 1.61 bits per heavy atom. The Balaban J connectivity index is 2.91. The van der Waals surface area contributed by atoms with Gasteiger partial charge in [-0.25, -0.2) is 9.59 Å². The smallest absolute Gasteiger partial charge is 0.408 e. The summed E-state index contributed by atoms with van der Waals surface area (Å²) in [6.07, 6.45) is -1.40. The van der Waals surface area contributed by atoms with E-state index in [0.29, 0.717) is 0 Å². The molecule has 0 aromatic heterocycles. The van der Waals surface area contributed by atoms with Crippen LogP contribution in [-0.2, 0) is 25.5 Å². The maximum Gasteiger partial charge on any atom is 0.408 e. The second-order valence-electron chi connectivity index (χ2n) is 7.22. The molecule has 154 valence electrons. The van der Waals surface area contributed by atoms with Gasteiger partial charge in [-0.15, -0.1) is 0 Å². The van der Waals surface area contributed by atoms with Gasteiger partial charge in [0.1, 0.15) is 17.7 Å². The summed E-state index contributed by atoms with van der Waals surface area (Å²) >= 11 is 0. The molecular formula is C19H26N2O7. The van der Waals surface area contributed by atoms with Gasteiger partial charge in [0, 0.05) is 12.8 Å². The highest BCUT2D eigenvalue weighted by Crippen LogP contribution is 2.09. The zero-order chi connectivity index (χ0) is 21.3. The van der Waals surface area contributed by atoms with Gasteiger partial charge < -0.3 is 25.6 Å². The van der Waals surface area contributed by atoms with Crippen molar-refractivity contribution in [2.75, 3.05) is 0 Å². The second-order valence-corrected chi connectivity index (χ2v) is 7.22. The van der Waals surface area contributed by atoms with Crippen LogP contribution < -0.4 is 10.6 Å². The first-order chi connectivity index (χ1) is 13.0. The van der Waals surface area contributed by atoms with Crippen LogP contribution in [-0.4, -0.2) is 51.8 Å². The number of carbonyl (C=O) groups excluding carboxylic acids is 2. The Bertz CT molecular complexity index is 698. The van der Waals surface area contributed by atoms with Gasteiger partial charge >= 0.3 is 18.0 Å². The first-order valence-corrected chi connectivity index (χ1v) is 8.76. The van der Waals surface area contributed by atoms with Crippen molar-refractivity contribution in [3.63, 3.8) is 0 Å². The number of aliphatic carboxylic acids is 2. The normalized spacial score (nSPS) is 13.1. The van der Waals surface area contributed by atoms with E-state index in [4.69, 9.17) is 9.84 Å². The van der Waals surface area contributed by atoms with Gasteiger partial charge in [-0.1, -0.05) is 30.3 Å². The number of nitrogens with one attached hydrogen (secondary N) is 2. The summed E-state index contributed by atoms with van der Waals surface area (Å²) in [6.45, 7) is 5.02. The van der Waals surface area contributed by atoms with E-state index in [1.165, 1.54) is 0 Å².